The molecule has 1 unspecified atom stereocenters. The number of benzene rings is 1. The van der Waals surface area contributed by atoms with Gasteiger partial charge in [0.2, 0.25) is 0 Å². The number of ether oxygens (including phenoxy) is 1. The summed E-state index contributed by atoms with van der Waals surface area (Å²) in [6, 6.07) is 7.60. The van der Waals surface area contributed by atoms with Crippen molar-refractivity contribution in [1.29, 1.82) is 0 Å². The van der Waals surface area contributed by atoms with Gasteiger partial charge in [-0.05, 0) is 12.1 Å². The first-order valence-electron chi connectivity index (χ1n) is 4.84. The fourth-order valence-corrected chi connectivity index (χ4v) is 1.70. The van der Waals surface area contributed by atoms with E-state index in [0.717, 1.165) is 11.3 Å². The van der Waals surface area contributed by atoms with Crippen LogP contribution in [0.3, 0.4) is 0 Å². The lowest BCUT2D eigenvalue weighted by Gasteiger charge is -2.15. The number of carbonyl (C=O) groups excluding carboxylic acids is 1. The van der Waals surface area contributed by atoms with Gasteiger partial charge in [0.25, 0.3) is 0 Å². The van der Waals surface area contributed by atoms with Crippen molar-refractivity contribution in [2.24, 2.45) is 0 Å². The van der Waals surface area contributed by atoms with E-state index in [2.05, 4.69) is 0 Å². The van der Waals surface area contributed by atoms with E-state index in [1.54, 1.807) is 19.3 Å². The summed E-state index contributed by atoms with van der Waals surface area (Å²) in [5.74, 6) is 0.656. The Bertz CT molecular complexity index is 430. The molecule has 1 aliphatic rings. The standard InChI is InChI=1S/C13H12O2/c1-15-13-9-5-3-7-11(13)10-6-2-4-8-12(10)14/h2-10H,1H3. The summed E-state index contributed by atoms with van der Waals surface area (Å²) >= 11 is 0. The average Bonchev–Trinajstić information content (AvgIpc) is 2.30. The summed E-state index contributed by atoms with van der Waals surface area (Å²) in [7, 11) is 1.62. The van der Waals surface area contributed by atoms with Gasteiger partial charge in [0.05, 0.1) is 13.0 Å². The highest BCUT2D eigenvalue weighted by molar-refractivity contribution is 5.98. The van der Waals surface area contributed by atoms with Gasteiger partial charge in [-0.15, -0.1) is 0 Å². The third-order valence-electron chi connectivity index (χ3n) is 2.46. The van der Waals surface area contributed by atoms with Gasteiger partial charge in [-0.3, -0.25) is 4.79 Å². The number of allylic oxidation sites excluding steroid dienone is 4. The van der Waals surface area contributed by atoms with Gasteiger partial charge in [-0.25, -0.2) is 0 Å². The molecule has 0 N–H and O–H groups in total. The second-order valence-electron chi connectivity index (χ2n) is 3.37. The van der Waals surface area contributed by atoms with Gasteiger partial charge in [-0.2, -0.15) is 0 Å². The van der Waals surface area contributed by atoms with E-state index in [1.165, 1.54) is 0 Å². The Morgan fingerprint density at radius 1 is 1.20 bits per heavy atom. The molecular weight excluding hydrogens is 188 g/mol. The SMILES string of the molecule is COc1ccccc1C1C=CC=CC1=O. The highest BCUT2D eigenvalue weighted by Gasteiger charge is 2.20. The van der Waals surface area contributed by atoms with E-state index >= 15 is 0 Å². The van der Waals surface area contributed by atoms with Crippen LogP contribution in [0, 0.1) is 0 Å². The molecule has 0 saturated carbocycles. The Labute approximate surface area is 88.9 Å². The molecule has 0 aromatic heterocycles. The van der Waals surface area contributed by atoms with Crippen LogP contribution in [-0.2, 0) is 4.79 Å². The second kappa shape index (κ2) is 4.13. The number of rotatable bonds is 2. The van der Waals surface area contributed by atoms with E-state index in [9.17, 15) is 4.79 Å². The quantitative estimate of drug-likeness (QED) is 0.733. The molecule has 0 spiro atoms. The minimum absolute atomic E-state index is 0.0991. The Morgan fingerprint density at radius 2 is 2.00 bits per heavy atom. The van der Waals surface area contributed by atoms with Crippen LogP contribution in [0.25, 0.3) is 0 Å². The summed E-state index contributed by atoms with van der Waals surface area (Å²) in [6.45, 7) is 0. The molecule has 0 heterocycles. The molecule has 0 saturated heterocycles. The van der Waals surface area contributed by atoms with E-state index in [0.29, 0.717) is 0 Å². The highest BCUT2D eigenvalue weighted by atomic mass is 16.5. The second-order valence-corrected chi connectivity index (χ2v) is 3.37. The van der Waals surface area contributed by atoms with Gasteiger partial charge < -0.3 is 4.74 Å². The molecule has 1 aromatic carbocycles. The van der Waals surface area contributed by atoms with Crippen molar-refractivity contribution in [3.05, 3.63) is 54.1 Å². The van der Waals surface area contributed by atoms with Crippen molar-refractivity contribution in [2.45, 2.75) is 5.92 Å². The van der Waals surface area contributed by atoms with E-state index in [1.807, 2.05) is 36.4 Å². The lowest BCUT2D eigenvalue weighted by Crippen LogP contribution is -2.10. The van der Waals surface area contributed by atoms with Gasteiger partial charge in [-0.1, -0.05) is 36.4 Å². The third-order valence-corrected chi connectivity index (χ3v) is 2.46. The molecule has 0 amide bonds. The third kappa shape index (κ3) is 1.84. The van der Waals surface area contributed by atoms with Crippen molar-refractivity contribution < 1.29 is 9.53 Å². The molecular formula is C13H12O2. The summed E-state index contributed by atoms with van der Waals surface area (Å²) in [5, 5.41) is 0. The molecule has 0 fully saturated rings. The first kappa shape index (κ1) is 9.71. The predicted molar refractivity (Wildman–Crippen MR) is 59.0 cm³/mol. The normalized spacial score (nSPS) is 19.3. The predicted octanol–water partition coefficient (Wildman–Crippen LogP) is 2.47. The maximum atomic E-state index is 11.7. The van der Waals surface area contributed by atoms with Crippen molar-refractivity contribution in [3.8, 4) is 5.75 Å². The Balaban J connectivity index is 2.41. The number of hydrogen-bond acceptors (Lipinski definition) is 2. The Kier molecular flexibility index (Phi) is 2.68. The van der Waals surface area contributed by atoms with Crippen molar-refractivity contribution in [3.63, 3.8) is 0 Å². The van der Waals surface area contributed by atoms with Crippen molar-refractivity contribution in [2.75, 3.05) is 7.11 Å². The molecule has 2 rings (SSSR count). The summed E-state index contributed by atoms with van der Waals surface area (Å²) in [4.78, 5) is 11.7. The minimum Gasteiger partial charge on any atom is -0.496 e. The Morgan fingerprint density at radius 3 is 2.73 bits per heavy atom. The maximum Gasteiger partial charge on any atom is 0.167 e. The fourth-order valence-electron chi connectivity index (χ4n) is 1.70. The van der Waals surface area contributed by atoms with Crippen LogP contribution in [0.2, 0.25) is 0 Å². The smallest absolute Gasteiger partial charge is 0.167 e. The molecule has 76 valence electrons. The van der Waals surface area contributed by atoms with Crippen LogP contribution < -0.4 is 4.74 Å². The molecule has 1 aliphatic carbocycles. The summed E-state index contributed by atoms with van der Waals surface area (Å²) < 4.78 is 5.24. The molecule has 0 radical (unpaired) electrons. The lowest BCUT2D eigenvalue weighted by molar-refractivity contribution is -0.115. The van der Waals surface area contributed by atoms with Crippen LogP contribution in [0.15, 0.2) is 48.6 Å². The Hall–Kier alpha value is -1.83. The van der Waals surface area contributed by atoms with E-state index in [-0.39, 0.29) is 11.7 Å². The van der Waals surface area contributed by atoms with Gasteiger partial charge in [0.15, 0.2) is 5.78 Å². The number of ketones is 1. The number of para-hydroxylation sites is 1. The molecule has 2 nitrogen and oxygen atoms in total. The van der Waals surface area contributed by atoms with Gasteiger partial charge >= 0.3 is 0 Å². The zero-order valence-electron chi connectivity index (χ0n) is 8.51. The van der Waals surface area contributed by atoms with E-state index in [4.69, 9.17) is 4.74 Å². The maximum absolute atomic E-state index is 11.7. The largest absolute Gasteiger partial charge is 0.496 e. The van der Waals surface area contributed by atoms with Crippen LogP contribution in [0.1, 0.15) is 11.5 Å². The van der Waals surface area contributed by atoms with E-state index < -0.39 is 0 Å². The molecule has 2 heteroatoms. The monoisotopic (exact) mass is 200 g/mol. The zero-order valence-corrected chi connectivity index (χ0v) is 8.51. The van der Waals surface area contributed by atoms with Crippen LogP contribution >= 0.6 is 0 Å². The zero-order chi connectivity index (χ0) is 10.7. The molecule has 15 heavy (non-hydrogen) atoms. The molecule has 0 bridgehead atoms. The minimum atomic E-state index is -0.203. The lowest BCUT2D eigenvalue weighted by atomic mass is 9.91. The molecule has 1 aromatic rings. The topological polar surface area (TPSA) is 26.3 Å². The average molecular weight is 200 g/mol. The van der Waals surface area contributed by atoms with Gasteiger partial charge in [0.1, 0.15) is 5.75 Å². The summed E-state index contributed by atoms with van der Waals surface area (Å²) in [5.41, 5.74) is 0.922. The fraction of sp³-hybridized carbons (Fsp3) is 0.154. The molecule has 1 atom stereocenters. The number of hydrogen-bond donors (Lipinski definition) is 0. The van der Waals surface area contributed by atoms with Crippen LogP contribution in [-0.4, -0.2) is 12.9 Å². The first-order chi connectivity index (χ1) is 7.33. The highest BCUT2D eigenvalue weighted by Crippen LogP contribution is 2.29. The van der Waals surface area contributed by atoms with Crippen molar-refractivity contribution >= 4 is 5.78 Å². The van der Waals surface area contributed by atoms with Crippen LogP contribution in [0.4, 0.5) is 0 Å². The van der Waals surface area contributed by atoms with Crippen LogP contribution in [0.5, 0.6) is 5.75 Å². The first-order valence-corrected chi connectivity index (χ1v) is 4.84. The van der Waals surface area contributed by atoms with Gasteiger partial charge in [0, 0.05) is 5.56 Å². The summed E-state index contributed by atoms with van der Waals surface area (Å²) in [6.07, 6.45) is 7.13. The number of carbonyl (C=O) groups is 1. The molecule has 0 aliphatic heterocycles. The van der Waals surface area contributed by atoms with Crippen molar-refractivity contribution in [1.82, 2.24) is 0 Å². The number of methoxy groups -OCH3 is 1.